The molecule has 5 nitrogen and oxygen atoms in total. The summed E-state index contributed by atoms with van der Waals surface area (Å²) in [5.74, 6) is 2.41. The summed E-state index contributed by atoms with van der Waals surface area (Å²) in [6, 6.07) is 3.47. The Hall–Kier alpha value is -1.15. The maximum Gasteiger partial charge on any atom is 0.338 e. The molecule has 0 spiro atoms. The van der Waals surface area contributed by atoms with E-state index >= 15 is 0 Å². The van der Waals surface area contributed by atoms with Gasteiger partial charge in [-0.1, -0.05) is 0 Å². The van der Waals surface area contributed by atoms with Crippen LogP contribution in [0, 0.1) is 5.82 Å². The van der Waals surface area contributed by atoms with Crippen LogP contribution in [0.5, 0.6) is 0 Å². The summed E-state index contributed by atoms with van der Waals surface area (Å²) in [7, 11) is 0. The number of carboxylic acid groups (broad SMARTS) is 1. The average Bonchev–Trinajstić information content (AvgIpc) is 2.16. The highest BCUT2D eigenvalue weighted by molar-refractivity contribution is 7.94. The van der Waals surface area contributed by atoms with Gasteiger partial charge in [0, 0.05) is 4.90 Å². The number of hydrogen-bond acceptors (Lipinski definition) is 5. The first-order valence-corrected chi connectivity index (χ1v) is 4.12. The van der Waals surface area contributed by atoms with Gasteiger partial charge >= 0.3 is 5.97 Å². The van der Waals surface area contributed by atoms with Crippen LogP contribution in [0.15, 0.2) is 23.1 Å². The molecule has 0 fully saturated rings. The van der Waals surface area contributed by atoms with E-state index in [0.29, 0.717) is 16.9 Å². The van der Waals surface area contributed by atoms with Crippen LogP contribution in [0.1, 0.15) is 10.4 Å². The third kappa shape index (κ3) is 2.67. The fraction of sp³-hybridized carbons (Fsp3) is 0. The van der Waals surface area contributed by atoms with E-state index in [9.17, 15) is 9.18 Å². The third-order valence-corrected chi connectivity index (χ3v) is 1.93. The number of carboxylic acids is 1. The van der Waals surface area contributed by atoms with Crippen molar-refractivity contribution in [3.8, 4) is 0 Å². The topological polar surface area (TPSA) is 81.8 Å². The van der Waals surface area contributed by atoms with Crippen molar-refractivity contribution in [3.63, 3.8) is 0 Å². The van der Waals surface area contributed by atoms with Gasteiger partial charge in [-0.3, -0.25) is 0 Å². The second-order valence-electron chi connectivity index (χ2n) is 2.19. The van der Waals surface area contributed by atoms with E-state index in [1.807, 2.05) is 0 Å². The smallest absolute Gasteiger partial charge is 0.338 e. The van der Waals surface area contributed by atoms with E-state index in [1.54, 1.807) is 0 Å². The minimum absolute atomic E-state index is 0.370. The molecule has 0 atom stereocenters. The monoisotopic (exact) mass is 219 g/mol. The molecule has 0 bridgehead atoms. The van der Waals surface area contributed by atoms with Crippen LogP contribution in [0.2, 0.25) is 0 Å². The van der Waals surface area contributed by atoms with E-state index in [4.69, 9.17) is 5.11 Å². The van der Waals surface area contributed by atoms with Crippen LogP contribution in [0.4, 0.5) is 4.39 Å². The van der Waals surface area contributed by atoms with Gasteiger partial charge in [-0.2, -0.15) is 5.90 Å². The van der Waals surface area contributed by atoms with E-state index in [0.717, 1.165) is 12.1 Å². The Morgan fingerprint density at radius 2 is 2.29 bits per heavy atom. The SMILES string of the molecule is NOOSc1ccc(F)c(C(=O)O)c1. The Bertz CT molecular complexity index is 346. The second-order valence-corrected chi connectivity index (χ2v) is 2.97. The summed E-state index contributed by atoms with van der Waals surface area (Å²) in [4.78, 5) is 14.7. The maximum atomic E-state index is 12.9. The summed E-state index contributed by atoms with van der Waals surface area (Å²) in [5.41, 5.74) is -0.435. The Labute approximate surface area is 82.7 Å². The minimum atomic E-state index is -1.35. The van der Waals surface area contributed by atoms with Gasteiger partial charge in [0.15, 0.2) is 0 Å². The van der Waals surface area contributed by atoms with Crippen LogP contribution >= 0.6 is 12.0 Å². The molecule has 3 N–H and O–H groups in total. The van der Waals surface area contributed by atoms with Crippen molar-refractivity contribution in [2.24, 2.45) is 5.90 Å². The first-order chi connectivity index (χ1) is 6.65. The highest BCUT2D eigenvalue weighted by Gasteiger charge is 2.11. The van der Waals surface area contributed by atoms with E-state index in [-0.39, 0.29) is 0 Å². The number of benzene rings is 1. The summed E-state index contributed by atoms with van der Waals surface area (Å²) >= 11 is 0.683. The summed E-state index contributed by atoms with van der Waals surface area (Å²) in [5, 5.41) is 8.57. The largest absolute Gasteiger partial charge is 0.478 e. The fourth-order valence-electron chi connectivity index (χ4n) is 0.779. The molecule has 0 radical (unpaired) electrons. The zero-order chi connectivity index (χ0) is 10.6. The third-order valence-electron chi connectivity index (χ3n) is 1.34. The molecule has 0 aromatic heterocycles. The molecular weight excluding hydrogens is 213 g/mol. The van der Waals surface area contributed by atoms with Crippen LogP contribution in [0.25, 0.3) is 0 Å². The highest BCUT2D eigenvalue weighted by Crippen LogP contribution is 2.21. The fourth-order valence-corrected chi connectivity index (χ4v) is 1.19. The molecule has 0 aliphatic heterocycles. The summed E-state index contributed by atoms with van der Waals surface area (Å²) in [6.07, 6.45) is 0. The van der Waals surface area contributed by atoms with Crippen LogP contribution in [0.3, 0.4) is 0 Å². The van der Waals surface area contributed by atoms with Gasteiger partial charge < -0.3 is 5.11 Å². The first-order valence-electron chi connectivity index (χ1n) is 3.38. The molecule has 7 heteroatoms. The average molecular weight is 219 g/mol. The summed E-state index contributed by atoms with van der Waals surface area (Å²) < 4.78 is 17.1. The van der Waals surface area contributed by atoms with E-state index < -0.39 is 17.3 Å². The molecule has 0 saturated heterocycles. The number of aromatic carboxylic acids is 1. The highest BCUT2D eigenvalue weighted by atomic mass is 32.2. The maximum absolute atomic E-state index is 12.9. The van der Waals surface area contributed by atoms with Crippen molar-refractivity contribution in [3.05, 3.63) is 29.6 Å². The molecule has 76 valence electrons. The summed E-state index contributed by atoms with van der Waals surface area (Å²) in [6.45, 7) is 0. The first kappa shape index (κ1) is 10.9. The molecule has 0 aliphatic rings. The number of carbonyl (C=O) groups is 1. The van der Waals surface area contributed by atoms with Crippen molar-refractivity contribution >= 4 is 18.0 Å². The molecule has 1 aromatic carbocycles. The zero-order valence-electron chi connectivity index (χ0n) is 6.77. The van der Waals surface area contributed by atoms with Crippen molar-refractivity contribution in [1.29, 1.82) is 0 Å². The van der Waals surface area contributed by atoms with Gasteiger partial charge in [0.2, 0.25) is 0 Å². The van der Waals surface area contributed by atoms with Gasteiger partial charge in [0.05, 0.1) is 17.6 Å². The number of rotatable bonds is 4. The van der Waals surface area contributed by atoms with Gasteiger partial charge in [0.1, 0.15) is 5.82 Å². The Kier molecular flexibility index (Phi) is 3.84. The lowest BCUT2D eigenvalue weighted by Crippen LogP contribution is -2.00. The van der Waals surface area contributed by atoms with Gasteiger partial charge in [-0.25, -0.2) is 9.18 Å². The van der Waals surface area contributed by atoms with Crippen LogP contribution in [-0.2, 0) is 9.32 Å². The molecular formula is C7H6FNO4S. The van der Waals surface area contributed by atoms with Crippen molar-refractivity contribution < 1.29 is 23.6 Å². The second kappa shape index (κ2) is 4.91. The lowest BCUT2D eigenvalue weighted by Gasteiger charge is -2.00. The number of hydrogen-bond donors (Lipinski definition) is 2. The van der Waals surface area contributed by atoms with Crippen LogP contribution in [-0.4, -0.2) is 11.1 Å². The lowest BCUT2D eigenvalue weighted by molar-refractivity contribution is -0.195. The van der Waals surface area contributed by atoms with Crippen molar-refractivity contribution in [2.75, 3.05) is 0 Å². The van der Waals surface area contributed by atoms with E-state index in [1.165, 1.54) is 6.07 Å². The van der Waals surface area contributed by atoms with Crippen molar-refractivity contribution in [1.82, 2.24) is 0 Å². The van der Waals surface area contributed by atoms with Gasteiger partial charge in [-0.05, 0) is 18.2 Å². The normalized spacial score (nSPS) is 10.1. The molecule has 1 rings (SSSR count). The van der Waals surface area contributed by atoms with Crippen molar-refractivity contribution in [2.45, 2.75) is 4.90 Å². The standard InChI is InChI=1S/C7H6FNO4S/c8-6-2-1-4(14-13-12-9)3-5(6)7(10)11/h1-3H,9H2,(H,10,11). The minimum Gasteiger partial charge on any atom is -0.478 e. The molecule has 14 heavy (non-hydrogen) atoms. The number of halogens is 1. The van der Waals surface area contributed by atoms with Crippen LogP contribution < -0.4 is 5.90 Å². The van der Waals surface area contributed by atoms with Gasteiger partial charge in [0.25, 0.3) is 0 Å². The quantitative estimate of drug-likeness (QED) is 0.452. The molecule has 0 unspecified atom stereocenters. The Balaban J connectivity index is 2.89. The molecule has 0 aliphatic carbocycles. The Morgan fingerprint density at radius 3 is 2.86 bits per heavy atom. The van der Waals surface area contributed by atoms with E-state index in [2.05, 4.69) is 15.2 Å². The molecule has 1 aromatic rings. The lowest BCUT2D eigenvalue weighted by atomic mass is 10.2. The predicted octanol–water partition coefficient (Wildman–Crippen LogP) is 1.35. The number of nitrogens with two attached hydrogens (primary N) is 1. The molecule has 0 saturated carbocycles. The van der Waals surface area contributed by atoms with Gasteiger partial charge in [-0.15, -0.1) is 9.32 Å². The Morgan fingerprint density at radius 1 is 1.57 bits per heavy atom. The zero-order valence-corrected chi connectivity index (χ0v) is 7.58. The predicted molar refractivity (Wildman–Crippen MR) is 45.6 cm³/mol. The molecule has 0 amide bonds. The molecule has 0 heterocycles.